The minimum absolute atomic E-state index is 0.00359. The number of carbonyl (C=O) groups excluding carboxylic acids is 2. The van der Waals surface area contributed by atoms with Crippen molar-refractivity contribution in [1.29, 1.82) is 0 Å². The summed E-state index contributed by atoms with van der Waals surface area (Å²) in [5.74, 6) is 3.18. The molecule has 30 heavy (non-hydrogen) atoms. The van der Waals surface area contributed by atoms with Crippen molar-refractivity contribution in [1.82, 2.24) is 15.5 Å². The van der Waals surface area contributed by atoms with Gasteiger partial charge in [-0.1, -0.05) is 0 Å². The van der Waals surface area contributed by atoms with Gasteiger partial charge in [-0.05, 0) is 95.3 Å². The van der Waals surface area contributed by atoms with Crippen molar-refractivity contribution in [3.63, 3.8) is 0 Å². The maximum absolute atomic E-state index is 13.2. The number of aliphatic hydroxyl groups excluding tert-OH is 1. The van der Waals surface area contributed by atoms with E-state index in [0.717, 1.165) is 56.9 Å². The molecule has 0 aromatic rings. The van der Waals surface area contributed by atoms with Gasteiger partial charge in [-0.3, -0.25) is 14.5 Å². The van der Waals surface area contributed by atoms with E-state index in [1.807, 2.05) is 13.8 Å². The average molecular weight is 418 g/mol. The lowest BCUT2D eigenvalue weighted by atomic mass is 9.75. The highest BCUT2D eigenvalue weighted by atomic mass is 16.3. The van der Waals surface area contributed by atoms with Crippen LogP contribution in [0.15, 0.2) is 0 Å². The lowest BCUT2D eigenvalue weighted by molar-refractivity contribution is -0.133. The number of fused-ring (bicyclic) bond motifs is 2. The van der Waals surface area contributed by atoms with Gasteiger partial charge in [0.2, 0.25) is 11.8 Å². The molecule has 6 rings (SSSR count). The molecule has 6 nitrogen and oxygen atoms in total. The van der Waals surface area contributed by atoms with Gasteiger partial charge < -0.3 is 15.7 Å². The van der Waals surface area contributed by atoms with Crippen LogP contribution in [-0.4, -0.2) is 59.1 Å². The minimum Gasteiger partial charge on any atom is -0.394 e. The number of nitrogens with zero attached hydrogens (tertiary/aromatic N) is 1. The van der Waals surface area contributed by atoms with Gasteiger partial charge in [-0.25, -0.2) is 0 Å². The number of carbonyl (C=O) groups is 2. The second kappa shape index (κ2) is 7.47. The average Bonchev–Trinajstić information content (AvgIpc) is 3.18. The Labute approximate surface area is 180 Å². The maximum Gasteiger partial charge on any atom is 0.234 e. The summed E-state index contributed by atoms with van der Waals surface area (Å²) in [6, 6.07) is 0.898. The first kappa shape index (κ1) is 20.7. The summed E-state index contributed by atoms with van der Waals surface area (Å²) in [5.41, 5.74) is -0.595. The summed E-state index contributed by atoms with van der Waals surface area (Å²) < 4.78 is 0. The summed E-state index contributed by atoms with van der Waals surface area (Å²) in [4.78, 5) is 28.0. The highest BCUT2D eigenvalue weighted by Crippen LogP contribution is 2.65. The molecule has 0 radical (unpaired) electrons. The monoisotopic (exact) mass is 417 g/mol. The van der Waals surface area contributed by atoms with Gasteiger partial charge in [0.1, 0.15) is 0 Å². The predicted octanol–water partition coefficient (Wildman–Crippen LogP) is 2.06. The molecule has 6 fully saturated rings. The molecule has 6 heteroatoms. The minimum atomic E-state index is -0.572. The molecule has 2 amide bonds. The smallest absolute Gasteiger partial charge is 0.234 e. The van der Waals surface area contributed by atoms with E-state index in [1.54, 1.807) is 0 Å². The SMILES string of the molecule is CC(C)(CO)NC(=O)CN1[C@@H]2CC[C@H]1CC(CNC(=O)C13CC4CC(CC1C4)C3)C2. The fourth-order valence-corrected chi connectivity index (χ4v) is 8.01. The lowest BCUT2D eigenvalue weighted by Gasteiger charge is -2.39. The highest BCUT2D eigenvalue weighted by molar-refractivity contribution is 5.84. The Bertz CT molecular complexity index is 680. The van der Waals surface area contributed by atoms with E-state index in [1.165, 1.54) is 19.3 Å². The summed E-state index contributed by atoms with van der Waals surface area (Å²) in [5, 5.41) is 15.7. The first-order valence-corrected chi connectivity index (χ1v) is 12.2. The molecular weight excluding hydrogens is 378 g/mol. The van der Waals surface area contributed by atoms with Crippen LogP contribution in [0.2, 0.25) is 0 Å². The number of hydrogen-bond donors (Lipinski definition) is 3. The van der Waals surface area contributed by atoms with Gasteiger partial charge in [0, 0.05) is 18.6 Å². The Kier molecular flexibility index (Phi) is 5.17. The van der Waals surface area contributed by atoms with Gasteiger partial charge in [0.25, 0.3) is 0 Å². The Balaban J connectivity index is 1.12. The van der Waals surface area contributed by atoms with E-state index in [9.17, 15) is 14.7 Å². The van der Waals surface area contributed by atoms with Crippen LogP contribution in [0.4, 0.5) is 0 Å². The Morgan fingerprint density at radius 1 is 1.03 bits per heavy atom. The molecule has 5 atom stereocenters. The van der Waals surface area contributed by atoms with E-state index in [2.05, 4.69) is 15.5 Å². The zero-order valence-corrected chi connectivity index (χ0v) is 18.7. The summed E-state index contributed by atoms with van der Waals surface area (Å²) >= 11 is 0. The molecule has 3 unspecified atom stereocenters. The van der Waals surface area contributed by atoms with Crippen LogP contribution in [-0.2, 0) is 9.59 Å². The fraction of sp³-hybridized carbons (Fsp3) is 0.917. The third-order valence-corrected chi connectivity index (χ3v) is 9.17. The van der Waals surface area contributed by atoms with E-state index >= 15 is 0 Å². The quantitative estimate of drug-likeness (QED) is 0.592. The molecule has 2 aliphatic heterocycles. The van der Waals surface area contributed by atoms with Crippen LogP contribution in [0, 0.1) is 29.1 Å². The zero-order chi connectivity index (χ0) is 21.1. The fourth-order valence-electron chi connectivity index (χ4n) is 8.01. The van der Waals surface area contributed by atoms with Crippen LogP contribution in [0.25, 0.3) is 0 Å². The molecule has 6 aliphatic rings. The number of aliphatic hydroxyl groups is 1. The molecule has 2 heterocycles. The first-order chi connectivity index (χ1) is 14.3. The van der Waals surface area contributed by atoms with Crippen LogP contribution in [0.3, 0.4) is 0 Å². The Hall–Kier alpha value is -1.14. The van der Waals surface area contributed by atoms with Crippen molar-refractivity contribution in [2.75, 3.05) is 19.7 Å². The molecule has 0 spiro atoms. The summed E-state index contributed by atoms with van der Waals surface area (Å²) in [6.45, 7) is 4.86. The molecular formula is C24H39N3O3. The van der Waals surface area contributed by atoms with E-state index in [4.69, 9.17) is 0 Å². The number of piperidine rings is 1. The van der Waals surface area contributed by atoms with Crippen LogP contribution in [0.5, 0.6) is 0 Å². The normalized spacial score (nSPS) is 42.0. The van der Waals surface area contributed by atoms with Crippen molar-refractivity contribution in [3.05, 3.63) is 0 Å². The third kappa shape index (κ3) is 3.58. The van der Waals surface area contributed by atoms with Crippen molar-refractivity contribution in [3.8, 4) is 0 Å². The topological polar surface area (TPSA) is 81.7 Å². The standard InChI is InChI=1S/C24H39N3O3/c1-23(2,14-28)26-21(29)13-27-19-3-4-20(27)9-17(8-19)12-25-22(30)24-10-15-5-16(11-24)7-18(24)6-15/h15-20,28H,3-14H2,1-2H3,(H,25,30)(H,26,29)/t15?,16?,17?,18?,19-,20+,24?. The second-order valence-corrected chi connectivity index (χ2v) is 11.9. The highest BCUT2D eigenvalue weighted by Gasteiger charge is 2.61. The zero-order valence-electron chi connectivity index (χ0n) is 18.7. The number of rotatable bonds is 7. The predicted molar refractivity (Wildman–Crippen MR) is 115 cm³/mol. The van der Waals surface area contributed by atoms with E-state index < -0.39 is 5.54 Å². The van der Waals surface area contributed by atoms with Gasteiger partial charge in [-0.15, -0.1) is 0 Å². The Morgan fingerprint density at radius 3 is 2.27 bits per heavy atom. The molecule has 2 saturated heterocycles. The largest absolute Gasteiger partial charge is 0.394 e. The Morgan fingerprint density at radius 2 is 1.67 bits per heavy atom. The number of nitrogens with one attached hydrogen (secondary N) is 2. The molecule has 0 aromatic carbocycles. The summed E-state index contributed by atoms with van der Waals surface area (Å²) in [6.07, 6.45) is 10.7. The molecule has 168 valence electrons. The molecule has 6 bridgehead atoms. The van der Waals surface area contributed by atoms with Gasteiger partial charge in [-0.2, -0.15) is 0 Å². The third-order valence-electron chi connectivity index (χ3n) is 9.17. The first-order valence-electron chi connectivity index (χ1n) is 12.2. The van der Waals surface area contributed by atoms with Crippen molar-refractivity contribution in [2.24, 2.45) is 29.1 Å². The van der Waals surface area contributed by atoms with Gasteiger partial charge in [0.05, 0.1) is 24.1 Å². The molecule has 4 saturated carbocycles. The van der Waals surface area contributed by atoms with Crippen molar-refractivity contribution >= 4 is 11.8 Å². The van der Waals surface area contributed by atoms with E-state index in [-0.39, 0.29) is 17.9 Å². The maximum atomic E-state index is 13.2. The molecule has 3 N–H and O–H groups in total. The number of amides is 2. The second-order valence-electron chi connectivity index (χ2n) is 11.9. The van der Waals surface area contributed by atoms with Crippen LogP contribution >= 0.6 is 0 Å². The van der Waals surface area contributed by atoms with Crippen LogP contribution < -0.4 is 10.6 Å². The molecule has 0 aromatic heterocycles. The summed E-state index contributed by atoms with van der Waals surface area (Å²) in [7, 11) is 0. The number of hydrogen-bond acceptors (Lipinski definition) is 4. The van der Waals surface area contributed by atoms with E-state index in [0.29, 0.717) is 36.4 Å². The van der Waals surface area contributed by atoms with Crippen molar-refractivity contribution < 1.29 is 14.7 Å². The van der Waals surface area contributed by atoms with Crippen molar-refractivity contribution in [2.45, 2.75) is 89.3 Å². The van der Waals surface area contributed by atoms with Gasteiger partial charge >= 0.3 is 0 Å². The van der Waals surface area contributed by atoms with Gasteiger partial charge in [0.15, 0.2) is 0 Å². The lowest BCUT2D eigenvalue weighted by Crippen LogP contribution is -2.54. The molecule has 4 aliphatic carbocycles. The van der Waals surface area contributed by atoms with Crippen LogP contribution in [0.1, 0.15) is 71.6 Å².